The summed E-state index contributed by atoms with van der Waals surface area (Å²) in [6, 6.07) is 7.86. The minimum absolute atomic E-state index is 0.546. The Hall–Kier alpha value is -3.59. The van der Waals surface area contributed by atoms with Crippen LogP contribution in [0.25, 0.3) is 17.2 Å². The Labute approximate surface area is 186 Å². The van der Waals surface area contributed by atoms with Gasteiger partial charge in [-0.1, -0.05) is 0 Å². The van der Waals surface area contributed by atoms with Crippen molar-refractivity contribution < 1.29 is 13.9 Å². The molecule has 0 atom stereocenters. The first kappa shape index (κ1) is 20.3. The minimum Gasteiger partial charge on any atom is -0.493 e. The highest BCUT2D eigenvalue weighted by molar-refractivity contribution is 5.58. The maximum absolute atomic E-state index is 5.51. The Morgan fingerprint density at radius 2 is 1.97 bits per heavy atom. The average Bonchev–Trinajstić information content (AvgIpc) is 3.50. The summed E-state index contributed by atoms with van der Waals surface area (Å²) in [6.45, 7) is 5.23. The van der Waals surface area contributed by atoms with Gasteiger partial charge in [-0.15, -0.1) is 5.10 Å². The fourth-order valence-corrected chi connectivity index (χ4v) is 4.14. The van der Waals surface area contributed by atoms with Crippen LogP contribution in [0.2, 0.25) is 0 Å². The van der Waals surface area contributed by atoms with Crippen molar-refractivity contribution in [1.82, 2.24) is 24.5 Å². The van der Waals surface area contributed by atoms with Crippen molar-refractivity contribution in [2.24, 2.45) is 0 Å². The van der Waals surface area contributed by atoms with Crippen LogP contribution in [0.3, 0.4) is 0 Å². The van der Waals surface area contributed by atoms with Crippen LogP contribution in [0.5, 0.6) is 11.5 Å². The van der Waals surface area contributed by atoms with Crippen LogP contribution in [-0.2, 0) is 19.5 Å². The second-order valence-electron chi connectivity index (χ2n) is 7.72. The van der Waals surface area contributed by atoms with E-state index in [1.54, 1.807) is 25.0 Å². The Bertz CT molecular complexity index is 1230. The van der Waals surface area contributed by atoms with Crippen molar-refractivity contribution in [3.05, 3.63) is 53.4 Å². The largest absolute Gasteiger partial charge is 0.493 e. The van der Waals surface area contributed by atoms with Gasteiger partial charge in [0.15, 0.2) is 22.9 Å². The number of rotatable bonds is 7. The zero-order valence-electron chi connectivity index (χ0n) is 18.5. The predicted octanol–water partition coefficient (Wildman–Crippen LogP) is 3.39. The normalized spacial score (nSPS) is 13.8. The van der Waals surface area contributed by atoms with Crippen LogP contribution in [-0.4, -0.2) is 51.8 Å². The molecule has 166 valence electrons. The van der Waals surface area contributed by atoms with Crippen molar-refractivity contribution >= 4 is 11.6 Å². The quantitative estimate of drug-likeness (QED) is 0.473. The molecule has 0 radical (unpaired) electrons. The van der Waals surface area contributed by atoms with Gasteiger partial charge in [-0.05, 0) is 48.7 Å². The lowest BCUT2D eigenvalue weighted by molar-refractivity contribution is 0.244. The summed E-state index contributed by atoms with van der Waals surface area (Å²) in [7, 11) is 3.34. The van der Waals surface area contributed by atoms with Gasteiger partial charge in [0.2, 0.25) is 11.8 Å². The summed E-state index contributed by atoms with van der Waals surface area (Å²) < 4.78 is 18.2. The van der Waals surface area contributed by atoms with Gasteiger partial charge in [0.1, 0.15) is 0 Å². The lowest BCUT2D eigenvalue weighted by atomic mass is 9.98. The molecule has 1 aromatic carbocycles. The molecule has 0 fully saturated rings. The number of nitrogens with one attached hydrogen (secondary N) is 1. The van der Waals surface area contributed by atoms with Crippen molar-refractivity contribution in [3.8, 4) is 23.1 Å². The number of ether oxygens (including phenoxy) is 2. The van der Waals surface area contributed by atoms with Gasteiger partial charge in [-0.2, -0.15) is 4.52 Å². The molecule has 0 saturated heterocycles. The van der Waals surface area contributed by atoms with E-state index in [1.807, 2.05) is 25.3 Å². The maximum Gasteiger partial charge on any atom is 0.225 e. The molecule has 0 saturated carbocycles. The van der Waals surface area contributed by atoms with Crippen LogP contribution < -0.4 is 14.8 Å². The summed E-state index contributed by atoms with van der Waals surface area (Å²) in [4.78, 5) is 11.8. The Morgan fingerprint density at radius 1 is 1.16 bits per heavy atom. The molecule has 0 amide bonds. The zero-order valence-corrected chi connectivity index (χ0v) is 18.5. The van der Waals surface area contributed by atoms with E-state index in [4.69, 9.17) is 18.9 Å². The number of furan rings is 1. The first-order valence-corrected chi connectivity index (χ1v) is 10.7. The molecular weight excluding hydrogens is 408 g/mol. The number of benzene rings is 1. The number of aromatic nitrogens is 4. The molecule has 1 aliphatic rings. The summed E-state index contributed by atoms with van der Waals surface area (Å²) in [6.07, 6.45) is 4.46. The average molecular weight is 435 g/mol. The first-order chi connectivity index (χ1) is 15.7. The highest BCUT2D eigenvalue weighted by Crippen LogP contribution is 2.33. The smallest absolute Gasteiger partial charge is 0.225 e. The van der Waals surface area contributed by atoms with Gasteiger partial charge in [0.05, 0.1) is 20.5 Å². The number of anilines is 1. The van der Waals surface area contributed by atoms with Gasteiger partial charge in [-0.3, -0.25) is 4.90 Å². The van der Waals surface area contributed by atoms with Crippen LogP contribution in [0.4, 0.5) is 5.95 Å². The molecule has 32 heavy (non-hydrogen) atoms. The van der Waals surface area contributed by atoms with Crippen molar-refractivity contribution in [2.45, 2.75) is 26.4 Å². The SMILES string of the molecule is CCNc1ncc(CN2CCc3cc(OC)c(OC)cc3C2)c2nc(-c3ccco3)nn12. The Balaban J connectivity index is 1.46. The second kappa shape index (κ2) is 8.51. The third-order valence-corrected chi connectivity index (χ3v) is 5.71. The van der Waals surface area contributed by atoms with Crippen LogP contribution in [0, 0.1) is 0 Å². The number of fused-ring (bicyclic) bond motifs is 2. The van der Waals surface area contributed by atoms with Crippen LogP contribution >= 0.6 is 0 Å². The minimum atomic E-state index is 0.546. The van der Waals surface area contributed by atoms with Gasteiger partial charge in [0.25, 0.3) is 0 Å². The third-order valence-electron chi connectivity index (χ3n) is 5.71. The Morgan fingerprint density at radius 3 is 2.69 bits per heavy atom. The molecule has 4 heterocycles. The molecule has 9 heteroatoms. The summed E-state index contributed by atoms with van der Waals surface area (Å²) in [5.41, 5.74) is 4.34. The molecule has 1 N–H and O–H groups in total. The van der Waals surface area contributed by atoms with Gasteiger partial charge >= 0.3 is 0 Å². The highest BCUT2D eigenvalue weighted by Gasteiger charge is 2.22. The molecule has 0 bridgehead atoms. The van der Waals surface area contributed by atoms with E-state index >= 15 is 0 Å². The standard InChI is InChI=1S/C23H26N6O3/c1-4-24-23-25-12-17(22-26-21(27-29(22)23)18-6-5-9-32-18)14-28-8-7-15-10-19(30-2)20(31-3)11-16(15)13-28/h5-6,9-12H,4,7-8,13-14H2,1-3H3,(H,24,25). The molecule has 0 spiro atoms. The molecule has 4 aromatic rings. The summed E-state index contributed by atoms with van der Waals surface area (Å²) >= 11 is 0. The maximum atomic E-state index is 5.51. The topological polar surface area (TPSA) is 90.0 Å². The predicted molar refractivity (Wildman–Crippen MR) is 120 cm³/mol. The lowest BCUT2D eigenvalue weighted by Gasteiger charge is -2.29. The van der Waals surface area contributed by atoms with Crippen molar-refractivity contribution in [3.63, 3.8) is 0 Å². The summed E-state index contributed by atoms with van der Waals surface area (Å²) in [5.74, 6) is 3.38. The van der Waals surface area contributed by atoms with E-state index in [0.717, 1.165) is 48.8 Å². The van der Waals surface area contributed by atoms with E-state index in [9.17, 15) is 0 Å². The fourth-order valence-electron chi connectivity index (χ4n) is 4.14. The van der Waals surface area contributed by atoms with Gasteiger partial charge in [-0.25, -0.2) is 9.97 Å². The molecule has 1 aliphatic heterocycles. The van der Waals surface area contributed by atoms with Crippen LogP contribution in [0.1, 0.15) is 23.6 Å². The molecule has 0 unspecified atom stereocenters. The molecule has 9 nitrogen and oxygen atoms in total. The molecule has 0 aliphatic carbocycles. The van der Waals surface area contributed by atoms with E-state index < -0.39 is 0 Å². The molecule has 5 rings (SSSR count). The molecule has 3 aromatic heterocycles. The zero-order chi connectivity index (χ0) is 22.1. The molecular formula is C23H26N6O3. The van der Waals surface area contributed by atoms with E-state index in [-0.39, 0.29) is 0 Å². The third kappa shape index (κ3) is 3.64. The van der Waals surface area contributed by atoms with Crippen molar-refractivity contribution in [1.29, 1.82) is 0 Å². The second-order valence-corrected chi connectivity index (χ2v) is 7.72. The number of hydrogen-bond acceptors (Lipinski definition) is 8. The fraction of sp³-hybridized carbons (Fsp3) is 0.348. The lowest BCUT2D eigenvalue weighted by Crippen LogP contribution is -2.30. The summed E-state index contributed by atoms with van der Waals surface area (Å²) in [5, 5.41) is 7.90. The van der Waals surface area contributed by atoms with E-state index in [0.29, 0.717) is 24.1 Å². The van der Waals surface area contributed by atoms with Gasteiger partial charge in [0, 0.05) is 37.9 Å². The number of nitrogens with zero attached hydrogens (tertiary/aromatic N) is 5. The van der Waals surface area contributed by atoms with Crippen LogP contribution in [0.15, 0.2) is 41.1 Å². The highest BCUT2D eigenvalue weighted by atomic mass is 16.5. The van der Waals surface area contributed by atoms with E-state index in [2.05, 4.69) is 32.4 Å². The number of hydrogen-bond donors (Lipinski definition) is 1. The number of methoxy groups -OCH3 is 2. The Kier molecular flexibility index (Phi) is 5.40. The van der Waals surface area contributed by atoms with Crippen molar-refractivity contribution in [2.75, 3.05) is 32.6 Å². The first-order valence-electron chi connectivity index (χ1n) is 10.7. The monoisotopic (exact) mass is 434 g/mol. The van der Waals surface area contributed by atoms with Gasteiger partial charge < -0.3 is 19.2 Å². The van der Waals surface area contributed by atoms with E-state index in [1.165, 1.54) is 11.1 Å².